The molecule has 3 rings (SSSR count). The molecule has 0 bridgehead atoms. The van der Waals surface area contributed by atoms with Crippen LogP contribution in [0.3, 0.4) is 0 Å². The van der Waals surface area contributed by atoms with Crippen LogP contribution in [-0.2, 0) is 32.5 Å². The summed E-state index contributed by atoms with van der Waals surface area (Å²) >= 11 is 0. The zero-order chi connectivity index (χ0) is 23.8. The molecule has 3 aromatic rings. The van der Waals surface area contributed by atoms with Crippen LogP contribution in [-0.4, -0.2) is 38.8 Å². The molecule has 0 saturated carbocycles. The van der Waals surface area contributed by atoms with E-state index in [1.54, 1.807) is 25.2 Å². The predicted molar refractivity (Wildman–Crippen MR) is 126 cm³/mol. The zero-order valence-electron chi connectivity index (χ0n) is 18.5. The first-order valence-corrected chi connectivity index (χ1v) is 11.9. The third kappa shape index (κ3) is 6.66. The van der Waals surface area contributed by atoms with Gasteiger partial charge in [-0.1, -0.05) is 55.5 Å². The van der Waals surface area contributed by atoms with E-state index in [0.717, 1.165) is 12.0 Å². The lowest BCUT2D eigenvalue weighted by molar-refractivity contribution is -0.133. The van der Waals surface area contributed by atoms with E-state index in [-0.39, 0.29) is 22.1 Å². The van der Waals surface area contributed by atoms with Gasteiger partial charge in [0.1, 0.15) is 0 Å². The van der Waals surface area contributed by atoms with Crippen molar-refractivity contribution in [3.8, 4) is 0 Å². The number of anilines is 1. The molecule has 172 valence electrons. The van der Waals surface area contributed by atoms with Crippen molar-refractivity contribution < 1.29 is 22.7 Å². The Morgan fingerprint density at radius 1 is 0.909 bits per heavy atom. The summed E-state index contributed by atoms with van der Waals surface area (Å²) in [6.07, 6.45) is 0.944. The average molecular weight is 467 g/mol. The van der Waals surface area contributed by atoms with Gasteiger partial charge < -0.3 is 9.64 Å². The summed E-state index contributed by atoms with van der Waals surface area (Å²) < 4.78 is 32.5. The van der Waals surface area contributed by atoms with Crippen LogP contribution in [0.5, 0.6) is 0 Å². The van der Waals surface area contributed by atoms with Gasteiger partial charge in [0.05, 0.1) is 10.5 Å². The number of carbonyl (C=O) groups excluding carboxylic acids is 2. The van der Waals surface area contributed by atoms with E-state index in [1.807, 2.05) is 24.3 Å². The van der Waals surface area contributed by atoms with E-state index in [9.17, 15) is 18.0 Å². The number of likely N-dealkylation sites (N-methyl/N-ethyl adjacent to an activating group) is 1. The number of benzene rings is 3. The molecule has 3 aromatic carbocycles. The van der Waals surface area contributed by atoms with Crippen molar-refractivity contribution in [2.24, 2.45) is 0 Å². The van der Waals surface area contributed by atoms with E-state index >= 15 is 0 Å². The molecular formula is C25H26N2O5S. The van der Waals surface area contributed by atoms with Crippen molar-refractivity contribution in [3.63, 3.8) is 0 Å². The van der Waals surface area contributed by atoms with Crippen LogP contribution >= 0.6 is 0 Å². The minimum absolute atomic E-state index is 0.107. The second-order valence-corrected chi connectivity index (χ2v) is 9.18. The molecule has 33 heavy (non-hydrogen) atoms. The number of ether oxygens (including phenoxy) is 1. The Labute approximate surface area is 194 Å². The van der Waals surface area contributed by atoms with Crippen LogP contribution in [0.2, 0.25) is 0 Å². The summed E-state index contributed by atoms with van der Waals surface area (Å²) in [5.41, 5.74) is 2.55. The average Bonchev–Trinajstić information content (AvgIpc) is 2.83. The van der Waals surface area contributed by atoms with E-state index in [2.05, 4.69) is 11.6 Å². The third-order valence-corrected chi connectivity index (χ3v) is 6.40. The highest BCUT2D eigenvalue weighted by atomic mass is 32.2. The van der Waals surface area contributed by atoms with Crippen LogP contribution in [0.25, 0.3) is 0 Å². The lowest BCUT2D eigenvalue weighted by atomic mass is 10.1. The monoisotopic (exact) mass is 466 g/mol. The SMILES string of the molecule is CCc1ccc(CN(C)C(=O)COC(=O)c2cccc(NS(=O)(=O)c3ccccc3)c2)cc1. The molecule has 0 saturated heterocycles. The highest BCUT2D eigenvalue weighted by molar-refractivity contribution is 7.92. The van der Waals surface area contributed by atoms with Crippen molar-refractivity contribution in [3.05, 3.63) is 95.6 Å². The lowest BCUT2D eigenvalue weighted by Crippen LogP contribution is -2.30. The van der Waals surface area contributed by atoms with Gasteiger partial charge in [0, 0.05) is 19.3 Å². The topological polar surface area (TPSA) is 92.8 Å². The zero-order valence-corrected chi connectivity index (χ0v) is 19.3. The third-order valence-electron chi connectivity index (χ3n) is 5.01. The molecule has 0 heterocycles. The lowest BCUT2D eigenvalue weighted by Gasteiger charge is -2.17. The summed E-state index contributed by atoms with van der Waals surface area (Å²) in [5, 5.41) is 0. The molecular weight excluding hydrogens is 440 g/mol. The normalized spacial score (nSPS) is 11.0. The fourth-order valence-corrected chi connectivity index (χ4v) is 4.16. The Balaban J connectivity index is 1.57. The van der Waals surface area contributed by atoms with Gasteiger partial charge in [-0.3, -0.25) is 9.52 Å². The smallest absolute Gasteiger partial charge is 0.338 e. The summed E-state index contributed by atoms with van der Waals surface area (Å²) in [4.78, 5) is 26.4. The molecule has 1 amide bonds. The Kier molecular flexibility index (Phi) is 7.84. The molecule has 7 nitrogen and oxygen atoms in total. The van der Waals surface area contributed by atoms with Crippen LogP contribution in [0, 0.1) is 0 Å². The number of nitrogens with one attached hydrogen (secondary N) is 1. The van der Waals surface area contributed by atoms with Gasteiger partial charge in [0.15, 0.2) is 6.61 Å². The van der Waals surface area contributed by atoms with Gasteiger partial charge in [-0.15, -0.1) is 0 Å². The minimum atomic E-state index is -3.79. The van der Waals surface area contributed by atoms with Crippen molar-refractivity contribution in [1.29, 1.82) is 0 Å². The molecule has 0 aromatic heterocycles. The molecule has 0 fully saturated rings. The Morgan fingerprint density at radius 3 is 2.24 bits per heavy atom. The first-order valence-electron chi connectivity index (χ1n) is 10.5. The van der Waals surface area contributed by atoms with Gasteiger partial charge in [-0.2, -0.15) is 0 Å². The number of aryl methyl sites for hydroxylation is 1. The van der Waals surface area contributed by atoms with Gasteiger partial charge in [-0.25, -0.2) is 13.2 Å². The fraction of sp³-hybridized carbons (Fsp3) is 0.200. The molecule has 0 aliphatic rings. The minimum Gasteiger partial charge on any atom is -0.452 e. The molecule has 0 aliphatic heterocycles. The second-order valence-electron chi connectivity index (χ2n) is 7.50. The maximum Gasteiger partial charge on any atom is 0.338 e. The van der Waals surface area contributed by atoms with Crippen molar-refractivity contribution in [1.82, 2.24) is 4.90 Å². The maximum atomic E-state index is 12.5. The number of amides is 1. The number of rotatable bonds is 9. The number of nitrogens with zero attached hydrogens (tertiary/aromatic N) is 1. The first-order chi connectivity index (χ1) is 15.8. The largest absolute Gasteiger partial charge is 0.452 e. The molecule has 0 atom stereocenters. The molecule has 0 radical (unpaired) electrons. The van der Waals surface area contributed by atoms with Crippen LogP contribution < -0.4 is 4.72 Å². The number of sulfonamides is 1. The summed E-state index contributed by atoms with van der Waals surface area (Å²) in [7, 11) is -2.15. The van der Waals surface area contributed by atoms with Gasteiger partial charge >= 0.3 is 5.97 Å². The highest BCUT2D eigenvalue weighted by Crippen LogP contribution is 2.17. The number of hydrogen-bond donors (Lipinski definition) is 1. The molecule has 0 spiro atoms. The van der Waals surface area contributed by atoms with Gasteiger partial charge in [0.25, 0.3) is 15.9 Å². The highest BCUT2D eigenvalue weighted by Gasteiger charge is 2.17. The van der Waals surface area contributed by atoms with Crippen molar-refractivity contribution in [2.45, 2.75) is 24.8 Å². The van der Waals surface area contributed by atoms with Crippen LogP contribution in [0.15, 0.2) is 83.8 Å². The molecule has 8 heteroatoms. The fourth-order valence-electron chi connectivity index (χ4n) is 3.09. The predicted octanol–water partition coefficient (Wildman–Crippen LogP) is 3.87. The molecule has 0 aliphatic carbocycles. The van der Waals surface area contributed by atoms with Crippen molar-refractivity contribution in [2.75, 3.05) is 18.4 Å². The molecule has 1 N–H and O–H groups in total. The maximum absolute atomic E-state index is 12.5. The van der Waals surface area contributed by atoms with E-state index < -0.39 is 22.6 Å². The van der Waals surface area contributed by atoms with E-state index in [0.29, 0.717) is 6.54 Å². The number of hydrogen-bond acceptors (Lipinski definition) is 5. The van der Waals surface area contributed by atoms with E-state index in [1.165, 1.54) is 46.9 Å². The van der Waals surface area contributed by atoms with Gasteiger partial charge in [0.2, 0.25) is 0 Å². The standard InChI is InChI=1S/C25H26N2O5S/c1-3-19-12-14-20(15-13-19)17-27(2)24(28)18-32-25(29)21-8-7-9-22(16-21)26-33(30,31)23-10-5-4-6-11-23/h4-16,26H,3,17-18H2,1-2H3. The number of esters is 1. The van der Waals surface area contributed by atoms with Crippen LogP contribution in [0.4, 0.5) is 5.69 Å². The van der Waals surface area contributed by atoms with Crippen LogP contribution in [0.1, 0.15) is 28.4 Å². The Hall–Kier alpha value is -3.65. The Bertz CT molecular complexity index is 1210. The number of carbonyl (C=O) groups is 2. The molecule has 0 unspecified atom stereocenters. The summed E-state index contributed by atoms with van der Waals surface area (Å²) in [6.45, 7) is 2.06. The quantitative estimate of drug-likeness (QED) is 0.484. The van der Waals surface area contributed by atoms with Gasteiger partial charge in [-0.05, 0) is 47.9 Å². The second kappa shape index (κ2) is 10.8. The Morgan fingerprint density at radius 2 is 1.58 bits per heavy atom. The van der Waals surface area contributed by atoms with Crippen molar-refractivity contribution >= 4 is 27.6 Å². The summed E-state index contributed by atoms with van der Waals surface area (Å²) in [6, 6.07) is 21.8. The van der Waals surface area contributed by atoms with E-state index in [4.69, 9.17) is 4.74 Å². The summed E-state index contributed by atoms with van der Waals surface area (Å²) in [5.74, 6) is -1.06. The first kappa shape index (κ1) is 24.0.